The number of sulfone groups is 1. The maximum atomic E-state index is 12.8. The summed E-state index contributed by atoms with van der Waals surface area (Å²) in [4.78, 5) is 11.4. The monoisotopic (exact) mass is 394 g/mol. The number of rotatable bonds is 7. The molecule has 0 spiro atoms. The molecule has 0 saturated heterocycles. The highest BCUT2D eigenvalue weighted by Crippen LogP contribution is 2.24. The van der Waals surface area contributed by atoms with Gasteiger partial charge in [-0.25, -0.2) is 8.42 Å². The van der Waals surface area contributed by atoms with Crippen LogP contribution < -0.4 is 11.5 Å². The smallest absolute Gasteiger partial charge is 0.248 e. The molecule has 5 nitrogen and oxygen atoms in total. The molecular weight excluding hydrogens is 372 g/mol. The standard InChI is InChI=1S/C22H22N2O3S/c23-21(15-6-16-4-2-1-3-5-16)17-7-11-19(12-8-17)28(26,27)20-13-9-18(10-14-20)22(24)25/h1-5,7-14,21H,6,15,23H2,(H2,24,25). The van der Waals surface area contributed by atoms with Gasteiger partial charge in [0.2, 0.25) is 15.7 Å². The first kappa shape index (κ1) is 19.8. The summed E-state index contributed by atoms with van der Waals surface area (Å²) in [6, 6.07) is 22.1. The van der Waals surface area contributed by atoms with Crippen LogP contribution in [0.2, 0.25) is 0 Å². The number of carbonyl (C=O) groups is 1. The second-order valence-electron chi connectivity index (χ2n) is 6.59. The van der Waals surface area contributed by atoms with Gasteiger partial charge in [0.15, 0.2) is 0 Å². The Hall–Kier alpha value is -2.96. The molecule has 0 aliphatic carbocycles. The summed E-state index contributed by atoms with van der Waals surface area (Å²) < 4.78 is 25.5. The normalized spacial score (nSPS) is 12.5. The van der Waals surface area contributed by atoms with Crippen molar-refractivity contribution in [3.63, 3.8) is 0 Å². The van der Waals surface area contributed by atoms with Crippen LogP contribution in [0.4, 0.5) is 0 Å². The van der Waals surface area contributed by atoms with Crippen LogP contribution in [0.5, 0.6) is 0 Å². The van der Waals surface area contributed by atoms with Gasteiger partial charge in [-0.05, 0) is 60.4 Å². The summed E-state index contributed by atoms with van der Waals surface area (Å²) in [5, 5.41) is 0. The van der Waals surface area contributed by atoms with E-state index in [1.807, 2.05) is 18.2 Å². The van der Waals surface area contributed by atoms with Crippen molar-refractivity contribution in [3.05, 3.63) is 95.6 Å². The van der Waals surface area contributed by atoms with Gasteiger partial charge < -0.3 is 11.5 Å². The van der Waals surface area contributed by atoms with E-state index in [0.717, 1.165) is 18.4 Å². The van der Waals surface area contributed by atoms with Crippen LogP contribution in [0.3, 0.4) is 0 Å². The summed E-state index contributed by atoms with van der Waals surface area (Å²) in [6.07, 6.45) is 1.62. The van der Waals surface area contributed by atoms with Crippen molar-refractivity contribution in [1.82, 2.24) is 0 Å². The van der Waals surface area contributed by atoms with Gasteiger partial charge in [-0.15, -0.1) is 0 Å². The Morgan fingerprint density at radius 1 is 0.821 bits per heavy atom. The van der Waals surface area contributed by atoms with Crippen molar-refractivity contribution in [3.8, 4) is 0 Å². The Morgan fingerprint density at radius 3 is 1.89 bits per heavy atom. The van der Waals surface area contributed by atoms with Crippen molar-refractivity contribution in [2.45, 2.75) is 28.7 Å². The molecule has 3 rings (SSSR count). The first-order chi connectivity index (χ1) is 13.4. The minimum atomic E-state index is -3.67. The van der Waals surface area contributed by atoms with Gasteiger partial charge in [-0.2, -0.15) is 0 Å². The highest BCUT2D eigenvalue weighted by Gasteiger charge is 2.18. The molecule has 0 aliphatic rings. The third kappa shape index (κ3) is 4.47. The summed E-state index contributed by atoms with van der Waals surface area (Å²) >= 11 is 0. The van der Waals surface area contributed by atoms with Crippen LogP contribution in [0, 0.1) is 0 Å². The van der Waals surface area contributed by atoms with E-state index in [1.54, 1.807) is 24.3 Å². The molecule has 0 saturated carbocycles. The maximum Gasteiger partial charge on any atom is 0.248 e. The van der Waals surface area contributed by atoms with Crippen LogP contribution in [-0.2, 0) is 16.3 Å². The highest BCUT2D eigenvalue weighted by molar-refractivity contribution is 7.91. The van der Waals surface area contributed by atoms with E-state index in [0.29, 0.717) is 0 Å². The summed E-state index contributed by atoms with van der Waals surface area (Å²) in [6.45, 7) is 0. The summed E-state index contributed by atoms with van der Waals surface area (Å²) in [7, 11) is -3.67. The zero-order valence-corrected chi connectivity index (χ0v) is 16.1. The van der Waals surface area contributed by atoms with Crippen molar-refractivity contribution < 1.29 is 13.2 Å². The van der Waals surface area contributed by atoms with E-state index < -0.39 is 15.7 Å². The van der Waals surface area contributed by atoms with E-state index >= 15 is 0 Å². The molecule has 4 N–H and O–H groups in total. The zero-order chi connectivity index (χ0) is 20.1. The van der Waals surface area contributed by atoms with Crippen molar-refractivity contribution >= 4 is 15.7 Å². The lowest BCUT2D eigenvalue weighted by Crippen LogP contribution is -2.12. The number of aryl methyl sites for hydroxylation is 1. The second kappa shape index (κ2) is 8.37. The third-order valence-corrected chi connectivity index (χ3v) is 6.44. The van der Waals surface area contributed by atoms with Gasteiger partial charge in [0.25, 0.3) is 0 Å². The fraction of sp³-hybridized carbons (Fsp3) is 0.136. The molecule has 28 heavy (non-hydrogen) atoms. The lowest BCUT2D eigenvalue weighted by atomic mass is 10.00. The lowest BCUT2D eigenvalue weighted by Gasteiger charge is -2.13. The average molecular weight is 394 g/mol. The first-order valence-corrected chi connectivity index (χ1v) is 10.4. The van der Waals surface area contributed by atoms with Crippen LogP contribution >= 0.6 is 0 Å². The third-order valence-electron chi connectivity index (χ3n) is 4.65. The fourth-order valence-electron chi connectivity index (χ4n) is 2.96. The quantitative estimate of drug-likeness (QED) is 0.642. The lowest BCUT2D eigenvalue weighted by molar-refractivity contribution is 0.1000. The topological polar surface area (TPSA) is 103 Å². The fourth-order valence-corrected chi connectivity index (χ4v) is 4.22. The molecule has 3 aromatic rings. The number of carbonyl (C=O) groups excluding carboxylic acids is 1. The van der Waals surface area contributed by atoms with Crippen LogP contribution in [0.1, 0.15) is 33.9 Å². The van der Waals surface area contributed by atoms with Crippen LogP contribution in [-0.4, -0.2) is 14.3 Å². The van der Waals surface area contributed by atoms with Crippen molar-refractivity contribution in [1.29, 1.82) is 0 Å². The second-order valence-corrected chi connectivity index (χ2v) is 8.54. The minimum absolute atomic E-state index is 0.110. The van der Waals surface area contributed by atoms with Crippen molar-refractivity contribution in [2.75, 3.05) is 0 Å². The van der Waals surface area contributed by atoms with E-state index in [1.165, 1.54) is 29.8 Å². The predicted octanol–water partition coefficient (Wildman–Crippen LogP) is 3.25. The number of primary amides is 1. The molecule has 1 amide bonds. The molecule has 0 radical (unpaired) electrons. The first-order valence-electron chi connectivity index (χ1n) is 8.92. The predicted molar refractivity (Wildman–Crippen MR) is 109 cm³/mol. The Bertz CT molecular complexity index is 1050. The van der Waals surface area contributed by atoms with E-state index in [9.17, 15) is 13.2 Å². The molecule has 3 aromatic carbocycles. The van der Waals surface area contributed by atoms with Crippen LogP contribution in [0.25, 0.3) is 0 Å². The molecule has 0 heterocycles. The molecule has 1 unspecified atom stereocenters. The molecule has 1 atom stereocenters. The highest BCUT2D eigenvalue weighted by atomic mass is 32.2. The van der Waals surface area contributed by atoms with Gasteiger partial charge in [-0.1, -0.05) is 42.5 Å². The number of amides is 1. The number of hydrogen-bond donors (Lipinski definition) is 2. The summed E-state index contributed by atoms with van der Waals surface area (Å²) in [5.74, 6) is -0.599. The Labute approximate surface area is 164 Å². The van der Waals surface area contributed by atoms with Gasteiger partial charge in [-0.3, -0.25) is 4.79 Å². The number of nitrogens with two attached hydrogens (primary N) is 2. The Balaban J connectivity index is 1.72. The molecule has 144 valence electrons. The largest absolute Gasteiger partial charge is 0.366 e. The van der Waals surface area contributed by atoms with Crippen molar-refractivity contribution in [2.24, 2.45) is 11.5 Å². The van der Waals surface area contributed by atoms with E-state index in [2.05, 4.69) is 12.1 Å². The van der Waals surface area contributed by atoms with Gasteiger partial charge in [0, 0.05) is 11.6 Å². The van der Waals surface area contributed by atoms with E-state index in [-0.39, 0.29) is 21.4 Å². The average Bonchev–Trinajstić information content (AvgIpc) is 2.73. The Kier molecular flexibility index (Phi) is 5.92. The van der Waals surface area contributed by atoms with E-state index in [4.69, 9.17) is 11.5 Å². The van der Waals surface area contributed by atoms with Gasteiger partial charge in [0.05, 0.1) is 9.79 Å². The van der Waals surface area contributed by atoms with Crippen LogP contribution in [0.15, 0.2) is 88.7 Å². The molecule has 0 aliphatic heterocycles. The zero-order valence-electron chi connectivity index (χ0n) is 15.3. The number of hydrogen-bond acceptors (Lipinski definition) is 4. The van der Waals surface area contributed by atoms with Gasteiger partial charge in [0.1, 0.15) is 0 Å². The SMILES string of the molecule is NC(=O)c1ccc(S(=O)(=O)c2ccc(C(N)CCc3ccccc3)cc2)cc1. The number of benzene rings is 3. The molecule has 0 bridgehead atoms. The minimum Gasteiger partial charge on any atom is -0.366 e. The molecule has 6 heteroatoms. The molecule has 0 aromatic heterocycles. The molecule has 0 fully saturated rings. The Morgan fingerprint density at radius 2 is 1.36 bits per heavy atom. The van der Waals surface area contributed by atoms with Gasteiger partial charge >= 0.3 is 0 Å². The molecular formula is C22H22N2O3S. The maximum absolute atomic E-state index is 12.8. The summed E-state index contributed by atoms with van der Waals surface area (Å²) in [5.41, 5.74) is 13.8.